The molecule has 3 heterocycles. The van der Waals surface area contributed by atoms with Gasteiger partial charge in [-0.25, -0.2) is 0 Å². The maximum Gasteiger partial charge on any atom is 0.270 e. The minimum absolute atomic E-state index is 0.126. The van der Waals surface area contributed by atoms with Gasteiger partial charge in [-0.15, -0.1) is 0 Å². The lowest BCUT2D eigenvalue weighted by Crippen LogP contribution is -2.30. The van der Waals surface area contributed by atoms with Gasteiger partial charge in [-0.3, -0.25) is 9.48 Å². The number of nitrogens with zero attached hydrogens (tertiary/aromatic N) is 4. The highest BCUT2D eigenvalue weighted by Crippen LogP contribution is 2.21. The molecular weight excluding hydrogens is 294 g/mol. The highest BCUT2D eigenvalue weighted by molar-refractivity contribution is 5.92. The van der Waals surface area contributed by atoms with Crippen molar-refractivity contribution < 1.29 is 9.90 Å². The zero-order valence-corrected chi connectivity index (χ0v) is 13.0. The monoisotopic (exact) mass is 313 g/mol. The Labute approximate surface area is 134 Å². The second-order valence-electron chi connectivity index (χ2n) is 5.70. The molecule has 0 radical (unpaired) electrons. The maximum atomic E-state index is 12.6. The van der Waals surface area contributed by atoms with Crippen molar-refractivity contribution in [3.8, 4) is 6.07 Å². The Kier molecular flexibility index (Phi) is 4.17. The van der Waals surface area contributed by atoms with E-state index in [1.807, 2.05) is 23.7 Å². The van der Waals surface area contributed by atoms with Gasteiger partial charge in [0.2, 0.25) is 0 Å². The van der Waals surface area contributed by atoms with E-state index in [9.17, 15) is 9.90 Å². The lowest BCUT2D eigenvalue weighted by molar-refractivity contribution is 0.0740. The second kappa shape index (κ2) is 6.26. The zero-order chi connectivity index (χ0) is 16.4. The molecule has 3 rings (SSSR count). The minimum Gasteiger partial charge on any atom is -0.387 e. The number of aliphatic hydroxyl groups excluding tert-OH is 1. The van der Waals surface area contributed by atoms with Gasteiger partial charge in [0, 0.05) is 19.3 Å². The van der Waals surface area contributed by atoms with Gasteiger partial charge in [0.1, 0.15) is 11.8 Å². The molecule has 0 fully saturated rings. The van der Waals surface area contributed by atoms with Gasteiger partial charge < -0.3 is 15.0 Å². The smallest absolute Gasteiger partial charge is 0.270 e. The third-order valence-corrected chi connectivity index (χ3v) is 4.09. The molecule has 7 heteroatoms. The van der Waals surface area contributed by atoms with Crippen molar-refractivity contribution >= 4 is 5.91 Å². The summed E-state index contributed by atoms with van der Waals surface area (Å²) in [4.78, 5) is 17.2. The highest BCUT2D eigenvalue weighted by atomic mass is 16.3. The summed E-state index contributed by atoms with van der Waals surface area (Å²) >= 11 is 0. The first-order valence-corrected chi connectivity index (χ1v) is 7.75. The van der Waals surface area contributed by atoms with E-state index < -0.39 is 6.10 Å². The lowest BCUT2D eigenvalue weighted by atomic mass is 10.2. The first-order valence-electron chi connectivity index (χ1n) is 7.75. The molecule has 2 N–H and O–H groups in total. The molecule has 0 spiro atoms. The largest absolute Gasteiger partial charge is 0.387 e. The van der Waals surface area contributed by atoms with Gasteiger partial charge >= 0.3 is 0 Å². The van der Waals surface area contributed by atoms with Gasteiger partial charge in [0.25, 0.3) is 5.91 Å². The number of fused-ring (bicyclic) bond motifs is 1. The van der Waals surface area contributed by atoms with E-state index in [4.69, 9.17) is 5.26 Å². The third-order valence-electron chi connectivity index (χ3n) is 4.09. The standard InChI is InChI=1S/C16H19N5O2/c1-2-15(22)13-7-12-10-20(4-3-5-21(12)19-13)16(23)14-6-11(8-17)9-18-14/h6-7,9,15,18,22H,2-5,10H2,1H3. The Morgan fingerprint density at radius 2 is 2.35 bits per heavy atom. The van der Waals surface area contributed by atoms with Crippen molar-refractivity contribution in [2.75, 3.05) is 6.54 Å². The van der Waals surface area contributed by atoms with Crippen LogP contribution >= 0.6 is 0 Å². The average Bonchev–Trinajstić information content (AvgIpc) is 3.16. The number of rotatable bonds is 3. The van der Waals surface area contributed by atoms with E-state index in [1.165, 1.54) is 6.20 Å². The SMILES string of the molecule is CCC(O)c1cc2n(n1)CCCN(C(=O)c1cc(C#N)c[nH]1)C2. The predicted molar refractivity (Wildman–Crippen MR) is 82.3 cm³/mol. The first kappa shape index (κ1) is 15.3. The molecule has 1 atom stereocenters. The van der Waals surface area contributed by atoms with Crippen molar-refractivity contribution in [3.63, 3.8) is 0 Å². The fourth-order valence-electron chi connectivity index (χ4n) is 2.78. The summed E-state index contributed by atoms with van der Waals surface area (Å²) in [7, 11) is 0. The molecule has 2 aromatic heterocycles. The van der Waals surface area contributed by atoms with Crippen LogP contribution < -0.4 is 0 Å². The Morgan fingerprint density at radius 1 is 1.52 bits per heavy atom. The van der Waals surface area contributed by atoms with Gasteiger partial charge in [0.05, 0.1) is 29.6 Å². The van der Waals surface area contributed by atoms with E-state index in [-0.39, 0.29) is 5.91 Å². The number of hydrogen-bond donors (Lipinski definition) is 2. The number of amides is 1. The van der Waals surface area contributed by atoms with E-state index in [1.54, 1.807) is 11.0 Å². The van der Waals surface area contributed by atoms with E-state index in [2.05, 4.69) is 10.1 Å². The van der Waals surface area contributed by atoms with Crippen molar-refractivity contribution in [3.05, 3.63) is 41.0 Å². The number of nitriles is 1. The van der Waals surface area contributed by atoms with Crippen LogP contribution in [0, 0.1) is 11.3 Å². The topological polar surface area (TPSA) is 97.9 Å². The van der Waals surface area contributed by atoms with Crippen LogP contribution in [-0.2, 0) is 13.1 Å². The Morgan fingerprint density at radius 3 is 3.04 bits per heavy atom. The molecule has 1 amide bonds. The zero-order valence-electron chi connectivity index (χ0n) is 13.0. The van der Waals surface area contributed by atoms with E-state index >= 15 is 0 Å². The van der Waals surface area contributed by atoms with E-state index in [0.717, 1.165) is 18.7 Å². The van der Waals surface area contributed by atoms with Crippen molar-refractivity contribution in [2.45, 2.75) is 39.0 Å². The van der Waals surface area contributed by atoms with Crippen LogP contribution in [0.2, 0.25) is 0 Å². The molecule has 2 aromatic rings. The molecule has 1 unspecified atom stereocenters. The van der Waals surface area contributed by atoms with Gasteiger partial charge in [-0.1, -0.05) is 6.92 Å². The summed E-state index contributed by atoms with van der Waals surface area (Å²) in [6.45, 7) is 3.71. The van der Waals surface area contributed by atoms with Crippen LogP contribution in [0.4, 0.5) is 0 Å². The fraction of sp³-hybridized carbons (Fsp3) is 0.438. The van der Waals surface area contributed by atoms with Crippen LogP contribution in [0.1, 0.15) is 53.3 Å². The Bertz CT molecular complexity index is 755. The first-order chi connectivity index (χ1) is 11.1. The minimum atomic E-state index is -0.569. The van der Waals surface area contributed by atoms with Crippen LogP contribution in [0.25, 0.3) is 0 Å². The van der Waals surface area contributed by atoms with Crippen molar-refractivity contribution in [2.24, 2.45) is 0 Å². The van der Waals surface area contributed by atoms with Crippen LogP contribution in [0.5, 0.6) is 0 Å². The number of aliphatic hydroxyl groups is 1. The lowest BCUT2D eigenvalue weighted by Gasteiger charge is -2.19. The predicted octanol–water partition coefficient (Wildman–Crippen LogP) is 1.57. The van der Waals surface area contributed by atoms with Gasteiger partial charge in [0.15, 0.2) is 0 Å². The number of H-pyrrole nitrogens is 1. The number of aromatic nitrogens is 3. The molecule has 0 saturated carbocycles. The summed E-state index contributed by atoms with van der Waals surface area (Å²) in [6, 6.07) is 5.45. The third kappa shape index (κ3) is 2.98. The van der Waals surface area contributed by atoms with Gasteiger partial charge in [-0.2, -0.15) is 10.4 Å². The molecule has 1 aliphatic heterocycles. The molecule has 0 aliphatic carbocycles. The van der Waals surface area contributed by atoms with Crippen molar-refractivity contribution in [1.82, 2.24) is 19.7 Å². The van der Waals surface area contributed by atoms with Crippen LogP contribution in [0.15, 0.2) is 18.3 Å². The molecule has 7 nitrogen and oxygen atoms in total. The molecule has 23 heavy (non-hydrogen) atoms. The number of aryl methyl sites for hydroxylation is 1. The summed E-state index contributed by atoms with van der Waals surface area (Å²) in [5.74, 6) is -0.126. The molecule has 0 bridgehead atoms. The number of aromatic amines is 1. The maximum absolute atomic E-state index is 12.6. The number of carbonyl (C=O) groups is 1. The number of nitrogens with one attached hydrogen (secondary N) is 1. The molecule has 120 valence electrons. The summed E-state index contributed by atoms with van der Waals surface area (Å²) in [5, 5.41) is 23.2. The molecule has 0 saturated heterocycles. The normalized spacial score (nSPS) is 15.6. The average molecular weight is 313 g/mol. The van der Waals surface area contributed by atoms with Crippen LogP contribution in [0.3, 0.4) is 0 Å². The fourth-order valence-corrected chi connectivity index (χ4v) is 2.78. The Balaban J connectivity index is 1.81. The summed E-state index contributed by atoms with van der Waals surface area (Å²) < 4.78 is 1.87. The molecule has 1 aliphatic rings. The number of hydrogen-bond acceptors (Lipinski definition) is 4. The quantitative estimate of drug-likeness (QED) is 0.898. The molecular formula is C16H19N5O2. The summed E-state index contributed by atoms with van der Waals surface area (Å²) in [6.07, 6.45) is 2.37. The highest BCUT2D eigenvalue weighted by Gasteiger charge is 2.23. The molecule has 0 aromatic carbocycles. The number of carbonyl (C=O) groups excluding carboxylic acids is 1. The summed E-state index contributed by atoms with van der Waals surface area (Å²) in [5.41, 5.74) is 2.44. The Hall–Kier alpha value is -2.59. The van der Waals surface area contributed by atoms with Gasteiger partial charge in [-0.05, 0) is 25.0 Å². The van der Waals surface area contributed by atoms with E-state index in [0.29, 0.717) is 36.5 Å². The van der Waals surface area contributed by atoms with Crippen molar-refractivity contribution in [1.29, 1.82) is 5.26 Å². The van der Waals surface area contributed by atoms with Crippen LogP contribution in [-0.4, -0.2) is 37.2 Å². The second-order valence-corrected chi connectivity index (χ2v) is 5.70.